The van der Waals surface area contributed by atoms with Gasteiger partial charge >= 0.3 is 0 Å². The van der Waals surface area contributed by atoms with E-state index in [1.165, 1.54) is 76.0 Å². The smallest absolute Gasteiger partial charge is 0.0903 e. The van der Waals surface area contributed by atoms with E-state index in [2.05, 4.69) is 105 Å². The van der Waals surface area contributed by atoms with Gasteiger partial charge in [0.25, 0.3) is 0 Å². The number of rotatable bonds is 7. The van der Waals surface area contributed by atoms with Crippen LogP contribution < -0.4 is 10.2 Å². The number of quaternary nitrogens is 1. The summed E-state index contributed by atoms with van der Waals surface area (Å²) in [4.78, 5) is 2.75. The number of aryl methyl sites for hydroxylation is 2. The fourth-order valence-corrected chi connectivity index (χ4v) is 6.39. The molecule has 1 fully saturated rings. The fourth-order valence-electron chi connectivity index (χ4n) is 6.39. The number of hydrogen-bond acceptors (Lipinski definition) is 2. The maximum absolute atomic E-state index is 3.64. The molecule has 1 aliphatic carbocycles. The van der Waals surface area contributed by atoms with Gasteiger partial charge in [0.05, 0.1) is 26.7 Å². The molecule has 0 bridgehead atoms. The van der Waals surface area contributed by atoms with E-state index in [4.69, 9.17) is 0 Å². The number of likely N-dealkylation sites (tertiary alicyclic amines) is 1. The maximum atomic E-state index is 3.64. The van der Waals surface area contributed by atoms with E-state index in [0.717, 1.165) is 25.4 Å². The Labute approximate surface area is 212 Å². The van der Waals surface area contributed by atoms with E-state index in [0.29, 0.717) is 6.04 Å². The lowest BCUT2D eigenvalue weighted by Crippen LogP contribution is -2.53. The Bertz CT molecular complexity index is 1140. The van der Waals surface area contributed by atoms with E-state index in [1.54, 1.807) is 0 Å². The first-order chi connectivity index (χ1) is 16.9. The van der Waals surface area contributed by atoms with Crippen LogP contribution in [-0.2, 0) is 12.8 Å². The molecule has 1 aliphatic heterocycles. The van der Waals surface area contributed by atoms with Crippen LogP contribution in [0.25, 0.3) is 0 Å². The average molecular weight is 469 g/mol. The molecule has 0 unspecified atom stereocenters. The van der Waals surface area contributed by atoms with Crippen LogP contribution in [0.3, 0.4) is 0 Å². The Morgan fingerprint density at radius 3 is 2.26 bits per heavy atom. The summed E-state index contributed by atoms with van der Waals surface area (Å²) in [6, 6.07) is 25.8. The highest BCUT2D eigenvalue weighted by atomic mass is 15.3. The normalized spacial score (nSPS) is 19.4. The Morgan fingerprint density at radius 2 is 1.57 bits per heavy atom. The van der Waals surface area contributed by atoms with Crippen molar-refractivity contribution in [2.24, 2.45) is 0 Å². The number of anilines is 3. The fraction of sp³-hybridized carbons (Fsp3) is 0.438. The van der Waals surface area contributed by atoms with Gasteiger partial charge in [0.2, 0.25) is 0 Å². The van der Waals surface area contributed by atoms with Crippen LogP contribution in [0.1, 0.15) is 47.9 Å². The van der Waals surface area contributed by atoms with Crippen LogP contribution in [0.4, 0.5) is 17.1 Å². The van der Waals surface area contributed by atoms with Crippen molar-refractivity contribution < 1.29 is 4.48 Å². The zero-order valence-electron chi connectivity index (χ0n) is 22.1. The zero-order chi connectivity index (χ0) is 24.4. The molecule has 0 aromatic heterocycles. The first-order valence-electron chi connectivity index (χ1n) is 13.5. The SMILES string of the molecule is Cc1ccccc1Nc1ccc(N(CC[C@H]2CCCC[N+]2(C)C)C2Cc3ccccc3C2)c(C)c1. The summed E-state index contributed by atoms with van der Waals surface area (Å²) in [7, 11) is 4.88. The summed E-state index contributed by atoms with van der Waals surface area (Å²) in [6.45, 7) is 6.90. The second-order valence-corrected chi connectivity index (χ2v) is 11.4. The highest BCUT2D eigenvalue weighted by Crippen LogP contribution is 2.34. The Morgan fingerprint density at radius 1 is 0.857 bits per heavy atom. The predicted molar refractivity (Wildman–Crippen MR) is 150 cm³/mol. The molecule has 3 nitrogen and oxygen atoms in total. The largest absolute Gasteiger partial charge is 0.367 e. The molecule has 1 heterocycles. The number of benzene rings is 3. The number of nitrogens with zero attached hydrogens (tertiary/aromatic N) is 2. The molecule has 0 saturated carbocycles. The molecule has 2 aliphatic rings. The van der Waals surface area contributed by atoms with Gasteiger partial charge in [-0.3, -0.25) is 0 Å². The van der Waals surface area contributed by atoms with E-state index >= 15 is 0 Å². The molecule has 3 aromatic rings. The van der Waals surface area contributed by atoms with Crippen molar-refractivity contribution in [3.8, 4) is 0 Å². The number of hydrogen-bond donors (Lipinski definition) is 1. The van der Waals surface area contributed by atoms with Gasteiger partial charge in [-0.05, 0) is 92.5 Å². The zero-order valence-corrected chi connectivity index (χ0v) is 22.1. The van der Waals surface area contributed by atoms with Crippen molar-refractivity contribution in [3.63, 3.8) is 0 Å². The molecule has 1 saturated heterocycles. The van der Waals surface area contributed by atoms with Crippen molar-refractivity contribution in [2.45, 2.75) is 64.5 Å². The van der Waals surface area contributed by atoms with Gasteiger partial charge in [-0.15, -0.1) is 0 Å². The van der Waals surface area contributed by atoms with Crippen LogP contribution in [0, 0.1) is 13.8 Å². The first kappa shape index (κ1) is 23.9. The molecule has 35 heavy (non-hydrogen) atoms. The van der Waals surface area contributed by atoms with Crippen molar-refractivity contribution >= 4 is 17.1 Å². The molecule has 0 spiro atoms. The molecule has 1 N–H and O–H groups in total. The van der Waals surface area contributed by atoms with Crippen LogP contribution in [-0.4, -0.2) is 43.8 Å². The third-order valence-corrected chi connectivity index (χ3v) is 8.61. The van der Waals surface area contributed by atoms with Crippen LogP contribution >= 0.6 is 0 Å². The van der Waals surface area contributed by atoms with E-state index in [-0.39, 0.29) is 0 Å². The highest BCUT2D eigenvalue weighted by molar-refractivity contribution is 5.68. The number of para-hydroxylation sites is 1. The van der Waals surface area contributed by atoms with Crippen molar-refractivity contribution in [1.82, 2.24) is 0 Å². The molecular weight excluding hydrogens is 426 g/mol. The lowest BCUT2D eigenvalue weighted by molar-refractivity contribution is -0.920. The van der Waals surface area contributed by atoms with Crippen molar-refractivity contribution in [3.05, 3.63) is 89.0 Å². The molecule has 0 radical (unpaired) electrons. The summed E-state index contributed by atoms with van der Waals surface area (Å²) in [5.41, 5.74) is 9.45. The summed E-state index contributed by atoms with van der Waals surface area (Å²) in [5.74, 6) is 0. The minimum atomic E-state index is 0.542. The maximum Gasteiger partial charge on any atom is 0.0903 e. The first-order valence-corrected chi connectivity index (χ1v) is 13.5. The summed E-state index contributed by atoms with van der Waals surface area (Å²) in [5, 5.41) is 3.64. The Balaban J connectivity index is 1.39. The molecule has 1 atom stereocenters. The minimum Gasteiger partial charge on any atom is -0.367 e. The molecule has 3 aromatic carbocycles. The molecule has 3 heteroatoms. The van der Waals surface area contributed by atoms with Crippen molar-refractivity contribution in [2.75, 3.05) is 37.4 Å². The Hall–Kier alpha value is -2.78. The second kappa shape index (κ2) is 10.1. The molecule has 0 amide bonds. The summed E-state index contributed by atoms with van der Waals surface area (Å²) >= 11 is 0. The molecule has 184 valence electrons. The van der Waals surface area contributed by atoms with E-state index in [1.807, 2.05) is 0 Å². The summed E-state index contributed by atoms with van der Waals surface area (Å²) in [6.07, 6.45) is 7.70. The van der Waals surface area contributed by atoms with Gasteiger partial charge in [0.15, 0.2) is 0 Å². The lowest BCUT2D eigenvalue weighted by atomic mass is 9.96. The molecular formula is C32H42N3+. The second-order valence-electron chi connectivity index (χ2n) is 11.4. The molecule has 5 rings (SSSR count). The van der Waals surface area contributed by atoms with Crippen LogP contribution in [0.2, 0.25) is 0 Å². The van der Waals surface area contributed by atoms with Crippen LogP contribution in [0.5, 0.6) is 0 Å². The van der Waals surface area contributed by atoms with Gasteiger partial charge < -0.3 is 14.7 Å². The van der Waals surface area contributed by atoms with Gasteiger partial charge in [0.1, 0.15) is 0 Å². The van der Waals surface area contributed by atoms with Gasteiger partial charge in [0, 0.05) is 36.1 Å². The average Bonchev–Trinajstić information content (AvgIpc) is 3.26. The number of fused-ring (bicyclic) bond motifs is 1. The monoisotopic (exact) mass is 468 g/mol. The quantitative estimate of drug-likeness (QED) is 0.374. The topological polar surface area (TPSA) is 15.3 Å². The number of piperidine rings is 1. The van der Waals surface area contributed by atoms with E-state index < -0.39 is 0 Å². The highest BCUT2D eigenvalue weighted by Gasteiger charge is 2.33. The van der Waals surface area contributed by atoms with Gasteiger partial charge in [-0.1, -0.05) is 42.5 Å². The third kappa shape index (κ3) is 5.26. The van der Waals surface area contributed by atoms with Crippen molar-refractivity contribution in [1.29, 1.82) is 0 Å². The minimum absolute atomic E-state index is 0.542. The van der Waals surface area contributed by atoms with E-state index in [9.17, 15) is 0 Å². The van der Waals surface area contributed by atoms with Crippen LogP contribution in [0.15, 0.2) is 66.7 Å². The predicted octanol–water partition coefficient (Wildman–Crippen LogP) is 7.04. The third-order valence-electron chi connectivity index (χ3n) is 8.61. The Kier molecular flexibility index (Phi) is 6.88. The summed E-state index contributed by atoms with van der Waals surface area (Å²) < 4.78 is 1.18. The standard InChI is InChI=1S/C32H42N3/c1-24-11-5-8-15-31(24)33-28-16-17-32(25(2)21-28)34(19-18-30-14-9-10-20-35(30,3)4)29-22-26-12-6-7-13-27(26)23-29/h5-8,11-13,15-17,21,29-30,33H,9-10,14,18-20,22-23H2,1-4H3/q+1/t30-/m1/s1. The lowest BCUT2D eigenvalue weighted by Gasteiger charge is -2.43. The number of nitrogens with one attached hydrogen (secondary N) is 1. The van der Waals surface area contributed by atoms with Gasteiger partial charge in [-0.25, -0.2) is 0 Å². The van der Waals surface area contributed by atoms with Gasteiger partial charge in [-0.2, -0.15) is 0 Å².